The Bertz CT molecular complexity index is 477. The molecule has 0 N–H and O–H groups in total. The molecule has 0 saturated heterocycles. The van der Waals surface area contributed by atoms with E-state index >= 15 is 0 Å². The van der Waals surface area contributed by atoms with Crippen molar-refractivity contribution in [2.24, 2.45) is 5.41 Å². The van der Waals surface area contributed by atoms with Crippen molar-refractivity contribution >= 4 is 5.69 Å². The highest BCUT2D eigenvalue weighted by atomic mass is 15.1. The van der Waals surface area contributed by atoms with Crippen LogP contribution in [-0.4, -0.2) is 6.54 Å². The molecule has 0 bridgehead atoms. The SMILES string of the molecule is C=C(/C=C\CC)N(CC)c1cccc(CCC(C)(C)C)c1. The lowest BCUT2D eigenvalue weighted by Crippen LogP contribution is -2.20. The van der Waals surface area contributed by atoms with Gasteiger partial charge >= 0.3 is 0 Å². The highest BCUT2D eigenvalue weighted by Crippen LogP contribution is 2.25. The molecule has 116 valence electrons. The Kier molecular flexibility index (Phi) is 6.74. The van der Waals surface area contributed by atoms with E-state index in [9.17, 15) is 0 Å². The van der Waals surface area contributed by atoms with Gasteiger partial charge in [-0.3, -0.25) is 0 Å². The number of nitrogens with zero attached hydrogens (tertiary/aromatic N) is 1. The Morgan fingerprint density at radius 3 is 2.52 bits per heavy atom. The Hall–Kier alpha value is -1.50. The van der Waals surface area contributed by atoms with Crippen molar-refractivity contribution < 1.29 is 0 Å². The number of hydrogen-bond donors (Lipinski definition) is 0. The van der Waals surface area contributed by atoms with Crippen molar-refractivity contribution in [1.29, 1.82) is 0 Å². The maximum atomic E-state index is 4.19. The largest absolute Gasteiger partial charge is 0.342 e. The van der Waals surface area contributed by atoms with Crippen molar-refractivity contribution in [3.63, 3.8) is 0 Å². The molecule has 0 amide bonds. The zero-order valence-electron chi connectivity index (χ0n) is 14.4. The predicted molar refractivity (Wildman–Crippen MR) is 95.8 cm³/mol. The van der Waals surface area contributed by atoms with Gasteiger partial charge < -0.3 is 4.90 Å². The summed E-state index contributed by atoms with van der Waals surface area (Å²) in [7, 11) is 0. The lowest BCUT2D eigenvalue weighted by molar-refractivity contribution is 0.378. The van der Waals surface area contributed by atoms with Crippen molar-refractivity contribution in [2.75, 3.05) is 11.4 Å². The van der Waals surface area contributed by atoms with Crippen molar-refractivity contribution in [2.45, 2.75) is 53.9 Å². The molecule has 1 aromatic rings. The van der Waals surface area contributed by atoms with Gasteiger partial charge in [-0.25, -0.2) is 0 Å². The molecule has 1 nitrogen and oxygen atoms in total. The molecule has 0 spiro atoms. The average molecular weight is 285 g/mol. The summed E-state index contributed by atoms with van der Waals surface area (Å²) >= 11 is 0. The van der Waals surface area contributed by atoms with Gasteiger partial charge in [-0.15, -0.1) is 0 Å². The summed E-state index contributed by atoms with van der Waals surface area (Å²) in [5.74, 6) is 0. The zero-order valence-corrected chi connectivity index (χ0v) is 14.4. The van der Waals surface area contributed by atoms with Crippen LogP contribution in [0.2, 0.25) is 0 Å². The quantitative estimate of drug-likeness (QED) is 0.558. The first-order valence-corrected chi connectivity index (χ1v) is 8.09. The molecule has 21 heavy (non-hydrogen) atoms. The first-order valence-electron chi connectivity index (χ1n) is 8.09. The Labute approximate surface area is 131 Å². The predicted octanol–water partition coefficient (Wildman–Crippen LogP) is 5.97. The van der Waals surface area contributed by atoms with Crippen LogP contribution in [0.25, 0.3) is 0 Å². The molecule has 0 saturated carbocycles. The smallest absolute Gasteiger partial charge is 0.0413 e. The third kappa shape index (κ3) is 6.20. The van der Waals surface area contributed by atoms with E-state index in [2.05, 4.69) is 82.5 Å². The topological polar surface area (TPSA) is 3.24 Å². The molecular weight excluding hydrogens is 254 g/mol. The number of likely N-dealkylation sites (N-methyl/N-ethyl adjacent to an activating group) is 1. The van der Waals surface area contributed by atoms with Crippen LogP contribution in [0.3, 0.4) is 0 Å². The van der Waals surface area contributed by atoms with Gasteiger partial charge in [0.05, 0.1) is 0 Å². The minimum Gasteiger partial charge on any atom is -0.342 e. The summed E-state index contributed by atoms with van der Waals surface area (Å²) in [6, 6.07) is 8.87. The zero-order chi connectivity index (χ0) is 15.9. The molecule has 0 aromatic heterocycles. The maximum Gasteiger partial charge on any atom is 0.0413 e. The third-order valence-corrected chi connectivity index (χ3v) is 3.59. The molecule has 0 fully saturated rings. The molecule has 1 rings (SSSR count). The number of hydrogen-bond acceptors (Lipinski definition) is 1. The first-order chi connectivity index (χ1) is 9.87. The molecular formula is C20H31N. The minimum atomic E-state index is 0.383. The Morgan fingerprint density at radius 1 is 1.24 bits per heavy atom. The second-order valence-corrected chi connectivity index (χ2v) is 6.78. The molecule has 0 aliphatic heterocycles. The van der Waals surface area contributed by atoms with Crippen LogP contribution in [0.15, 0.2) is 48.7 Å². The maximum absolute atomic E-state index is 4.19. The number of allylic oxidation sites excluding steroid dienone is 2. The van der Waals surface area contributed by atoms with Crippen LogP contribution >= 0.6 is 0 Å². The van der Waals surface area contributed by atoms with E-state index in [1.807, 2.05) is 0 Å². The minimum absolute atomic E-state index is 0.383. The van der Waals surface area contributed by atoms with Crippen molar-refractivity contribution in [3.8, 4) is 0 Å². The van der Waals surface area contributed by atoms with Gasteiger partial charge in [0.2, 0.25) is 0 Å². The summed E-state index contributed by atoms with van der Waals surface area (Å²) < 4.78 is 0. The number of benzene rings is 1. The third-order valence-electron chi connectivity index (χ3n) is 3.59. The number of aryl methyl sites for hydroxylation is 1. The van der Waals surface area contributed by atoms with Gasteiger partial charge in [0.25, 0.3) is 0 Å². The molecule has 0 heterocycles. The van der Waals surface area contributed by atoms with E-state index in [-0.39, 0.29) is 0 Å². The fourth-order valence-corrected chi connectivity index (χ4v) is 2.29. The average Bonchev–Trinajstić information content (AvgIpc) is 2.43. The molecule has 0 aliphatic rings. The van der Waals surface area contributed by atoms with Gasteiger partial charge in [-0.2, -0.15) is 0 Å². The summed E-state index contributed by atoms with van der Waals surface area (Å²) in [4.78, 5) is 2.27. The number of rotatable bonds is 7. The fraction of sp³-hybridized carbons (Fsp3) is 0.500. The summed E-state index contributed by atoms with van der Waals surface area (Å²) in [6.07, 6.45) is 7.66. The first kappa shape index (κ1) is 17.6. The second-order valence-electron chi connectivity index (χ2n) is 6.78. The summed E-state index contributed by atoms with van der Waals surface area (Å²) in [5.41, 5.74) is 4.10. The monoisotopic (exact) mass is 285 g/mol. The van der Waals surface area contributed by atoms with Gasteiger partial charge in [-0.1, -0.05) is 52.5 Å². The van der Waals surface area contributed by atoms with E-state index in [1.165, 1.54) is 17.7 Å². The normalized spacial score (nSPS) is 11.9. The van der Waals surface area contributed by atoms with Crippen LogP contribution < -0.4 is 4.90 Å². The van der Waals surface area contributed by atoms with Crippen molar-refractivity contribution in [3.05, 3.63) is 54.3 Å². The molecule has 0 aliphatic carbocycles. The Morgan fingerprint density at radius 2 is 1.95 bits per heavy atom. The lowest BCUT2D eigenvalue weighted by Gasteiger charge is -2.24. The standard InChI is InChI=1S/C20H31N/c1-7-9-11-17(3)21(8-2)19-13-10-12-18(16-19)14-15-20(4,5)6/h9-13,16H,3,7-8,14-15H2,1-2,4-6H3/b11-9-. The van der Waals surface area contributed by atoms with E-state index < -0.39 is 0 Å². The fourth-order valence-electron chi connectivity index (χ4n) is 2.29. The Balaban J connectivity index is 2.86. The lowest BCUT2D eigenvalue weighted by atomic mass is 9.88. The van der Waals surface area contributed by atoms with Gasteiger partial charge in [-0.05, 0) is 55.4 Å². The van der Waals surface area contributed by atoms with E-state index in [0.717, 1.165) is 25.1 Å². The molecule has 0 unspecified atom stereocenters. The van der Waals surface area contributed by atoms with E-state index in [4.69, 9.17) is 0 Å². The summed E-state index contributed by atoms with van der Waals surface area (Å²) in [5, 5.41) is 0. The van der Waals surface area contributed by atoms with Crippen LogP contribution in [0.5, 0.6) is 0 Å². The van der Waals surface area contributed by atoms with Crippen LogP contribution in [0.4, 0.5) is 5.69 Å². The second kappa shape index (κ2) is 8.07. The highest BCUT2D eigenvalue weighted by molar-refractivity contribution is 5.55. The van der Waals surface area contributed by atoms with Gasteiger partial charge in [0, 0.05) is 17.9 Å². The number of anilines is 1. The molecule has 0 atom stereocenters. The molecule has 1 heteroatoms. The molecule has 0 radical (unpaired) electrons. The highest BCUT2D eigenvalue weighted by Gasteiger charge is 2.11. The summed E-state index contributed by atoms with van der Waals surface area (Å²) in [6.45, 7) is 16.3. The van der Waals surface area contributed by atoms with E-state index in [1.54, 1.807) is 0 Å². The van der Waals surface area contributed by atoms with Gasteiger partial charge in [0.15, 0.2) is 0 Å². The van der Waals surface area contributed by atoms with Crippen LogP contribution in [-0.2, 0) is 6.42 Å². The van der Waals surface area contributed by atoms with E-state index in [0.29, 0.717) is 5.41 Å². The van der Waals surface area contributed by atoms with Crippen LogP contribution in [0.1, 0.15) is 53.0 Å². The molecule has 1 aromatic carbocycles. The van der Waals surface area contributed by atoms with Gasteiger partial charge in [0.1, 0.15) is 0 Å². The van der Waals surface area contributed by atoms with Crippen LogP contribution in [0, 0.1) is 5.41 Å². The van der Waals surface area contributed by atoms with Crippen molar-refractivity contribution in [1.82, 2.24) is 0 Å².